The molecule has 126 valence electrons. The van der Waals surface area contributed by atoms with Crippen LogP contribution in [0.15, 0.2) is 13.2 Å². The molecule has 0 aromatic heterocycles. The second kappa shape index (κ2) is 10.4. The van der Waals surface area contributed by atoms with E-state index in [1.165, 1.54) is 45.3 Å². The van der Waals surface area contributed by atoms with Gasteiger partial charge in [0.1, 0.15) is 0 Å². The lowest BCUT2D eigenvalue weighted by Crippen LogP contribution is -2.59. The van der Waals surface area contributed by atoms with Crippen LogP contribution < -0.4 is 5.32 Å². The summed E-state index contributed by atoms with van der Waals surface area (Å²) in [6.45, 7) is 23.3. The fraction of sp³-hybridized carbons (Fsp3) is 0.895. The Balaban J connectivity index is 0.000000921. The lowest BCUT2D eigenvalue weighted by molar-refractivity contribution is -0.0389. The third-order valence-electron chi connectivity index (χ3n) is 5.38. The average Bonchev–Trinajstić information content (AvgIpc) is 2.52. The van der Waals surface area contributed by atoms with Crippen molar-refractivity contribution in [3.63, 3.8) is 0 Å². The topological polar surface area (TPSA) is 15.3 Å². The van der Waals surface area contributed by atoms with Crippen molar-refractivity contribution in [2.45, 2.75) is 79.3 Å². The van der Waals surface area contributed by atoms with E-state index in [4.69, 9.17) is 0 Å². The minimum Gasteiger partial charge on any atom is -0.316 e. The maximum Gasteiger partial charge on any atom is 0.0155 e. The van der Waals surface area contributed by atoms with Crippen molar-refractivity contribution >= 4 is 0 Å². The van der Waals surface area contributed by atoms with Crippen LogP contribution in [-0.4, -0.2) is 36.6 Å². The molecular formula is C19H40N2. The summed E-state index contributed by atoms with van der Waals surface area (Å²) in [6.07, 6.45) is 5.65. The molecule has 2 aliphatic rings. The molecular weight excluding hydrogens is 256 g/mol. The van der Waals surface area contributed by atoms with Gasteiger partial charge in [0.25, 0.3) is 0 Å². The van der Waals surface area contributed by atoms with E-state index < -0.39 is 0 Å². The molecule has 21 heavy (non-hydrogen) atoms. The summed E-state index contributed by atoms with van der Waals surface area (Å²) in [5.41, 5.74) is 0.559. The highest BCUT2D eigenvalue weighted by Crippen LogP contribution is 2.47. The molecule has 1 aliphatic carbocycles. The first-order valence-electron chi connectivity index (χ1n) is 9.06. The number of nitrogens with zero attached hydrogens (tertiary/aromatic N) is 1. The van der Waals surface area contributed by atoms with Gasteiger partial charge in [-0.1, -0.05) is 34.1 Å². The summed E-state index contributed by atoms with van der Waals surface area (Å²) < 4.78 is 0. The lowest BCUT2D eigenvalue weighted by atomic mass is 9.60. The van der Waals surface area contributed by atoms with Gasteiger partial charge >= 0.3 is 0 Å². The third-order valence-corrected chi connectivity index (χ3v) is 5.38. The number of rotatable bonds is 3. The standard InChI is InChI=1S/C15H30N2.C2H6.C2H4/c1-5-17(12(2)3)14-8-6-7-13-11-16-10-9-15(13,14)4;2*1-2/h12-14,16H,5-11H2,1-4H3;1-2H3;1-2H2. The van der Waals surface area contributed by atoms with Crippen molar-refractivity contribution in [2.24, 2.45) is 11.3 Å². The normalized spacial score (nSPS) is 31.6. The van der Waals surface area contributed by atoms with Gasteiger partial charge < -0.3 is 5.32 Å². The van der Waals surface area contributed by atoms with E-state index in [1.807, 2.05) is 13.8 Å². The summed E-state index contributed by atoms with van der Waals surface area (Å²) >= 11 is 0. The van der Waals surface area contributed by atoms with Crippen molar-refractivity contribution in [1.82, 2.24) is 10.2 Å². The summed E-state index contributed by atoms with van der Waals surface area (Å²) in [7, 11) is 0. The van der Waals surface area contributed by atoms with Crippen LogP contribution >= 0.6 is 0 Å². The number of hydrogen-bond donors (Lipinski definition) is 1. The van der Waals surface area contributed by atoms with Gasteiger partial charge in [0.2, 0.25) is 0 Å². The number of hydrogen-bond acceptors (Lipinski definition) is 2. The lowest BCUT2D eigenvalue weighted by Gasteiger charge is -2.55. The van der Waals surface area contributed by atoms with Crippen LogP contribution in [0.4, 0.5) is 0 Å². The maximum absolute atomic E-state index is 3.60. The first kappa shape index (κ1) is 20.7. The average molecular weight is 297 g/mol. The Labute approximate surface area is 134 Å². The Morgan fingerprint density at radius 2 is 1.86 bits per heavy atom. The van der Waals surface area contributed by atoms with Crippen molar-refractivity contribution in [1.29, 1.82) is 0 Å². The van der Waals surface area contributed by atoms with Gasteiger partial charge in [-0.3, -0.25) is 4.90 Å². The van der Waals surface area contributed by atoms with Gasteiger partial charge in [-0.2, -0.15) is 0 Å². The molecule has 2 fully saturated rings. The Kier molecular flexibility index (Phi) is 10.2. The summed E-state index contributed by atoms with van der Waals surface area (Å²) in [5, 5.41) is 3.60. The van der Waals surface area contributed by atoms with Crippen molar-refractivity contribution in [3.8, 4) is 0 Å². The number of piperidine rings is 1. The van der Waals surface area contributed by atoms with Crippen LogP contribution in [0.5, 0.6) is 0 Å². The van der Waals surface area contributed by atoms with E-state index in [9.17, 15) is 0 Å². The molecule has 0 bridgehead atoms. The minimum absolute atomic E-state index is 0.559. The van der Waals surface area contributed by atoms with Crippen molar-refractivity contribution < 1.29 is 0 Å². The van der Waals surface area contributed by atoms with Gasteiger partial charge in [-0.05, 0) is 64.1 Å². The molecule has 3 unspecified atom stereocenters. The molecule has 1 N–H and O–H groups in total. The summed E-state index contributed by atoms with van der Waals surface area (Å²) in [5.74, 6) is 0.905. The number of fused-ring (bicyclic) bond motifs is 1. The van der Waals surface area contributed by atoms with Gasteiger partial charge in [0.05, 0.1) is 0 Å². The molecule has 0 aromatic carbocycles. The van der Waals surface area contributed by atoms with E-state index in [2.05, 4.69) is 51.1 Å². The van der Waals surface area contributed by atoms with Gasteiger partial charge in [0.15, 0.2) is 0 Å². The zero-order chi connectivity index (χ0) is 16.5. The van der Waals surface area contributed by atoms with Crippen molar-refractivity contribution in [3.05, 3.63) is 13.2 Å². The highest BCUT2D eigenvalue weighted by molar-refractivity contribution is 5.01. The smallest absolute Gasteiger partial charge is 0.0155 e. The van der Waals surface area contributed by atoms with Crippen LogP contribution in [0.2, 0.25) is 0 Å². The van der Waals surface area contributed by atoms with Crippen LogP contribution in [0.1, 0.15) is 67.2 Å². The minimum atomic E-state index is 0.559. The predicted molar refractivity (Wildman–Crippen MR) is 96.8 cm³/mol. The molecule has 0 spiro atoms. The third kappa shape index (κ3) is 4.82. The van der Waals surface area contributed by atoms with E-state index in [0.717, 1.165) is 12.0 Å². The van der Waals surface area contributed by atoms with Crippen LogP contribution in [0, 0.1) is 11.3 Å². The summed E-state index contributed by atoms with van der Waals surface area (Å²) in [6, 6.07) is 1.50. The van der Waals surface area contributed by atoms with Crippen LogP contribution in [0.25, 0.3) is 0 Å². The second-order valence-electron chi connectivity index (χ2n) is 6.53. The van der Waals surface area contributed by atoms with Crippen LogP contribution in [-0.2, 0) is 0 Å². The highest BCUT2D eigenvalue weighted by Gasteiger charge is 2.47. The molecule has 1 saturated carbocycles. The predicted octanol–water partition coefficient (Wildman–Crippen LogP) is 4.71. The molecule has 0 radical (unpaired) electrons. The Bertz CT molecular complexity index is 262. The zero-order valence-electron chi connectivity index (χ0n) is 15.5. The van der Waals surface area contributed by atoms with E-state index >= 15 is 0 Å². The molecule has 2 heteroatoms. The molecule has 0 amide bonds. The Morgan fingerprint density at radius 1 is 1.24 bits per heavy atom. The van der Waals surface area contributed by atoms with Gasteiger partial charge in [0, 0.05) is 12.1 Å². The van der Waals surface area contributed by atoms with E-state index in [0.29, 0.717) is 11.5 Å². The first-order chi connectivity index (χ1) is 10.1. The quantitative estimate of drug-likeness (QED) is 0.759. The Hall–Kier alpha value is -0.340. The maximum atomic E-state index is 3.60. The molecule has 1 saturated heterocycles. The largest absolute Gasteiger partial charge is 0.316 e. The Morgan fingerprint density at radius 3 is 2.38 bits per heavy atom. The number of nitrogens with one attached hydrogen (secondary N) is 1. The first-order valence-corrected chi connectivity index (χ1v) is 9.06. The molecule has 0 aromatic rings. The monoisotopic (exact) mass is 296 g/mol. The van der Waals surface area contributed by atoms with Gasteiger partial charge in [-0.15, -0.1) is 13.2 Å². The molecule has 1 aliphatic heterocycles. The SMILES string of the molecule is C=C.CC.CCN(C(C)C)C1CCCC2CNCCC21C. The van der Waals surface area contributed by atoms with Crippen LogP contribution in [0.3, 0.4) is 0 Å². The second-order valence-corrected chi connectivity index (χ2v) is 6.53. The summed E-state index contributed by atoms with van der Waals surface area (Å²) in [4.78, 5) is 2.75. The van der Waals surface area contributed by atoms with E-state index in [1.54, 1.807) is 0 Å². The fourth-order valence-electron chi connectivity index (χ4n) is 4.32. The van der Waals surface area contributed by atoms with Crippen molar-refractivity contribution in [2.75, 3.05) is 19.6 Å². The fourth-order valence-corrected chi connectivity index (χ4v) is 4.32. The zero-order valence-corrected chi connectivity index (χ0v) is 15.5. The molecule has 1 heterocycles. The highest BCUT2D eigenvalue weighted by atomic mass is 15.2. The van der Waals surface area contributed by atoms with E-state index in [-0.39, 0.29) is 0 Å². The van der Waals surface area contributed by atoms with Gasteiger partial charge in [-0.25, -0.2) is 0 Å². The molecule has 2 rings (SSSR count). The molecule has 3 atom stereocenters. The molecule has 2 nitrogen and oxygen atoms in total.